The largest absolute Gasteiger partial charge is 0.481 e. The van der Waals surface area contributed by atoms with Crippen molar-refractivity contribution in [3.8, 4) is 0 Å². The molecule has 2 rings (SSSR count). The van der Waals surface area contributed by atoms with Crippen molar-refractivity contribution in [2.45, 2.75) is 45.3 Å². The second kappa shape index (κ2) is 5.26. The van der Waals surface area contributed by atoms with Gasteiger partial charge in [-0.25, -0.2) is 0 Å². The van der Waals surface area contributed by atoms with Crippen molar-refractivity contribution >= 4 is 11.9 Å². The number of morpholine rings is 1. The monoisotopic (exact) mass is 255 g/mol. The molecule has 4 atom stereocenters. The summed E-state index contributed by atoms with van der Waals surface area (Å²) in [7, 11) is 0. The predicted octanol–water partition coefficient (Wildman–Crippen LogP) is 1.12. The van der Waals surface area contributed by atoms with Crippen molar-refractivity contribution < 1.29 is 19.4 Å². The van der Waals surface area contributed by atoms with Gasteiger partial charge in [0.05, 0.1) is 24.7 Å². The van der Waals surface area contributed by atoms with Gasteiger partial charge in [0.25, 0.3) is 0 Å². The van der Waals surface area contributed by atoms with E-state index in [1.165, 1.54) is 0 Å². The lowest BCUT2D eigenvalue weighted by Crippen LogP contribution is -2.53. The van der Waals surface area contributed by atoms with E-state index < -0.39 is 17.8 Å². The smallest absolute Gasteiger partial charge is 0.307 e. The highest BCUT2D eigenvalue weighted by molar-refractivity contribution is 5.84. The average Bonchev–Trinajstić information content (AvgIpc) is 2.83. The Morgan fingerprint density at radius 1 is 1.28 bits per heavy atom. The molecule has 0 aromatic heterocycles. The fourth-order valence-corrected chi connectivity index (χ4v) is 2.89. The van der Waals surface area contributed by atoms with Gasteiger partial charge in [-0.15, -0.1) is 0 Å². The maximum atomic E-state index is 12.4. The lowest BCUT2D eigenvalue weighted by atomic mass is 9.93. The predicted molar refractivity (Wildman–Crippen MR) is 65.1 cm³/mol. The number of aliphatic carboxylic acids is 1. The Labute approximate surface area is 107 Å². The Kier molecular flexibility index (Phi) is 3.90. The molecular weight excluding hydrogens is 234 g/mol. The summed E-state index contributed by atoms with van der Waals surface area (Å²) in [5.74, 6) is -2.06. The molecular formula is C13H21NO4. The average molecular weight is 255 g/mol. The van der Waals surface area contributed by atoms with E-state index in [1.54, 1.807) is 13.8 Å². The number of hydrogen-bond acceptors (Lipinski definition) is 3. The Morgan fingerprint density at radius 2 is 2.00 bits per heavy atom. The summed E-state index contributed by atoms with van der Waals surface area (Å²) in [6.45, 7) is 4.47. The van der Waals surface area contributed by atoms with Crippen LogP contribution in [0.5, 0.6) is 0 Å². The third-order valence-corrected chi connectivity index (χ3v) is 4.29. The zero-order chi connectivity index (χ0) is 13.3. The molecule has 2 fully saturated rings. The van der Waals surface area contributed by atoms with Crippen LogP contribution in [0.1, 0.15) is 33.1 Å². The second-order valence-electron chi connectivity index (χ2n) is 5.35. The normalized spacial score (nSPS) is 30.7. The van der Waals surface area contributed by atoms with Crippen LogP contribution in [0.3, 0.4) is 0 Å². The number of amides is 1. The summed E-state index contributed by atoms with van der Waals surface area (Å²) in [6, 6.07) is 0.162. The molecule has 0 aromatic carbocycles. The van der Waals surface area contributed by atoms with E-state index in [1.807, 2.05) is 4.90 Å². The van der Waals surface area contributed by atoms with Gasteiger partial charge in [-0.1, -0.05) is 13.8 Å². The minimum atomic E-state index is -0.910. The zero-order valence-electron chi connectivity index (χ0n) is 11.0. The maximum Gasteiger partial charge on any atom is 0.307 e. The molecule has 0 radical (unpaired) electrons. The van der Waals surface area contributed by atoms with Crippen molar-refractivity contribution in [1.29, 1.82) is 0 Å². The number of carbonyl (C=O) groups is 2. The molecule has 5 heteroatoms. The number of carbonyl (C=O) groups excluding carboxylic acids is 1. The third-order valence-electron chi connectivity index (χ3n) is 4.29. The van der Waals surface area contributed by atoms with E-state index in [2.05, 4.69) is 0 Å². The first-order chi connectivity index (χ1) is 8.52. The number of carboxylic acids is 1. The topological polar surface area (TPSA) is 66.8 Å². The highest BCUT2D eigenvalue weighted by Crippen LogP contribution is 2.31. The number of hydrogen-bond donors (Lipinski definition) is 1. The van der Waals surface area contributed by atoms with Crippen LogP contribution in [0.2, 0.25) is 0 Å². The molecule has 4 unspecified atom stereocenters. The fraction of sp³-hybridized carbons (Fsp3) is 0.846. The summed E-state index contributed by atoms with van der Waals surface area (Å²) in [6.07, 6.45) is 3.24. The first-order valence-corrected chi connectivity index (χ1v) is 6.67. The summed E-state index contributed by atoms with van der Waals surface area (Å²) < 4.78 is 5.66. The van der Waals surface area contributed by atoms with E-state index in [9.17, 15) is 9.59 Å². The van der Waals surface area contributed by atoms with E-state index in [0.29, 0.717) is 13.2 Å². The molecule has 2 aliphatic rings. The molecule has 1 aliphatic carbocycles. The molecule has 102 valence electrons. The Morgan fingerprint density at radius 3 is 2.67 bits per heavy atom. The Hall–Kier alpha value is -1.10. The van der Waals surface area contributed by atoms with Gasteiger partial charge in [0, 0.05) is 12.5 Å². The molecule has 1 amide bonds. The number of fused-ring (bicyclic) bond motifs is 1. The van der Waals surface area contributed by atoms with Crippen LogP contribution < -0.4 is 0 Å². The summed E-state index contributed by atoms with van der Waals surface area (Å²) in [5.41, 5.74) is 0. The number of nitrogens with zero attached hydrogens (tertiary/aromatic N) is 1. The van der Waals surface area contributed by atoms with Gasteiger partial charge in [-0.05, 0) is 19.3 Å². The summed E-state index contributed by atoms with van der Waals surface area (Å²) in [5, 5.41) is 8.99. The van der Waals surface area contributed by atoms with Gasteiger partial charge >= 0.3 is 5.97 Å². The molecule has 1 aliphatic heterocycles. The lowest BCUT2D eigenvalue weighted by Gasteiger charge is -2.39. The van der Waals surface area contributed by atoms with Crippen LogP contribution >= 0.6 is 0 Å². The molecule has 18 heavy (non-hydrogen) atoms. The first-order valence-electron chi connectivity index (χ1n) is 6.67. The molecule has 1 heterocycles. The van der Waals surface area contributed by atoms with Crippen molar-refractivity contribution in [2.75, 3.05) is 13.2 Å². The van der Waals surface area contributed by atoms with Crippen LogP contribution in [0.4, 0.5) is 0 Å². The number of ether oxygens (including phenoxy) is 1. The Balaban J connectivity index is 2.05. The molecule has 0 aromatic rings. The highest BCUT2D eigenvalue weighted by atomic mass is 16.5. The van der Waals surface area contributed by atoms with Gasteiger partial charge in [0.15, 0.2) is 0 Å². The standard InChI is InChI=1S/C13H21NO4/c1-8(9(2)13(16)17)12(15)14-6-7-18-11-5-3-4-10(11)14/h8-11H,3-7H2,1-2H3,(H,16,17). The van der Waals surface area contributed by atoms with Gasteiger partial charge in [0.2, 0.25) is 5.91 Å². The SMILES string of the molecule is CC(C(=O)O)C(C)C(=O)N1CCOC2CCCC21. The van der Waals surface area contributed by atoms with Crippen molar-refractivity contribution in [2.24, 2.45) is 11.8 Å². The van der Waals surface area contributed by atoms with E-state index in [-0.39, 0.29) is 18.1 Å². The van der Waals surface area contributed by atoms with Gasteiger partial charge < -0.3 is 14.7 Å². The molecule has 1 saturated carbocycles. The molecule has 0 bridgehead atoms. The van der Waals surface area contributed by atoms with Gasteiger partial charge in [0.1, 0.15) is 0 Å². The van der Waals surface area contributed by atoms with Gasteiger partial charge in [-0.2, -0.15) is 0 Å². The van der Waals surface area contributed by atoms with Crippen molar-refractivity contribution in [3.63, 3.8) is 0 Å². The van der Waals surface area contributed by atoms with E-state index in [4.69, 9.17) is 9.84 Å². The third kappa shape index (κ3) is 2.36. The first kappa shape index (κ1) is 13.3. The second-order valence-corrected chi connectivity index (χ2v) is 5.35. The van der Waals surface area contributed by atoms with Crippen LogP contribution in [-0.4, -0.2) is 47.2 Å². The van der Waals surface area contributed by atoms with Crippen LogP contribution in [0.25, 0.3) is 0 Å². The molecule has 1 saturated heterocycles. The minimum absolute atomic E-state index is 0.0369. The lowest BCUT2D eigenvalue weighted by molar-refractivity contribution is -0.155. The molecule has 1 N–H and O–H groups in total. The van der Waals surface area contributed by atoms with E-state index >= 15 is 0 Å². The van der Waals surface area contributed by atoms with Crippen LogP contribution in [0.15, 0.2) is 0 Å². The Bertz CT molecular complexity index is 344. The molecule has 0 spiro atoms. The van der Waals surface area contributed by atoms with Gasteiger partial charge in [-0.3, -0.25) is 9.59 Å². The molecule has 5 nitrogen and oxygen atoms in total. The fourth-order valence-electron chi connectivity index (χ4n) is 2.89. The van der Waals surface area contributed by atoms with Crippen LogP contribution in [0, 0.1) is 11.8 Å². The quantitative estimate of drug-likeness (QED) is 0.820. The van der Waals surface area contributed by atoms with Crippen molar-refractivity contribution in [3.05, 3.63) is 0 Å². The minimum Gasteiger partial charge on any atom is -0.481 e. The van der Waals surface area contributed by atoms with Crippen molar-refractivity contribution in [1.82, 2.24) is 4.90 Å². The summed E-state index contributed by atoms with van der Waals surface area (Å²) >= 11 is 0. The number of carboxylic acid groups (broad SMARTS) is 1. The number of rotatable bonds is 3. The maximum absolute atomic E-state index is 12.4. The highest BCUT2D eigenvalue weighted by Gasteiger charge is 2.40. The van der Waals surface area contributed by atoms with E-state index in [0.717, 1.165) is 19.3 Å². The van der Waals surface area contributed by atoms with Crippen LogP contribution in [-0.2, 0) is 14.3 Å². The summed E-state index contributed by atoms with van der Waals surface area (Å²) in [4.78, 5) is 25.2. The zero-order valence-corrected chi connectivity index (χ0v) is 11.0.